The van der Waals surface area contributed by atoms with E-state index < -0.39 is 5.97 Å². The molecule has 0 atom stereocenters. The Hall–Kier alpha value is -2.37. The predicted molar refractivity (Wildman–Crippen MR) is 77.4 cm³/mol. The van der Waals surface area contributed by atoms with Crippen LogP contribution in [-0.2, 0) is 25.5 Å². The van der Waals surface area contributed by atoms with Crippen LogP contribution in [0.1, 0.15) is 18.9 Å². The molecule has 0 bridgehead atoms. The molecule has 6 heteroatoms. The van der Waals surface area contributed by atoms with Crippen LogP contribution in [-0.4, -0.2) is 37.5 Å². The first-order valence-electron chi connectivity index (χ1n) is 6.78. The van der Waals surface area contributed by atoms with E-state index in [0.29, 0.717) is 6.54 Å². The SMILES string of the molecule is CC(=O)NCCC(=O)OCC(=O)NCCc1ccccc1. The molecule has 0 aliphatic rings. The second kappa shape index (κ2) is 9.52. The first-order valence-corrected chi connectivity index (χ1v) is 6.78. The minimum absolute atomic E-state index is 0.0525. The Morgan fingerprint density at radius 2 is 1.76 bits per heavy atom. The number of esters is 1. The standard InChI is InChI=1S/C15H20N2O4/c1-12(18)16-10-8-15(20)21-11-14(19)17-9-7-13-5-3-2-4-6-13/h2-6H,7-11H2,1H3,(H,16,18)(H,17,19). The highest BCUT2D eigenvalue weighted by Gasteiger charge is 2.07. The summed E-state index contributed by atoms with van der Waals surface area (Å²) in [4.78, 5) is 33.3. The lowest BCUT2D eigenvalue weighted by molar-refractivity contribution is -0.148. The third-order valence-corrected chi connectivity index (χ3v) is 2.65. The molecule has 0 spiro atoms. The van der Waals surface area contributed by atoms with Gasteiger partial charge in [-0.25, -0.2) is 0 Å². The van der Waals surface area contributed by atoms with Crippen molar-refractivity contribution in [1.29, 1.82) is 0 Å². The summed E-state index contributed by atoms with van der Waals surface area (Å²) < 4.78 is 4.79. The van der Waals surface area contributed by atoms with Crippen LogP contribution >= 0.6 is 0 Å². The first-order chi connectivity index (χ1) is 10.1. The van der Waals surface area contributed by atoms with Gasteiger partial charge in [-0.3, -0.25) is 14.4 Å². The van der Waals surface area contributed by atoms with Gasteiger partial charge in [0, 0.05) is 20.0 Å². The van der Waals surface area contributed by atoms with Gasteiger partial charge in [0.1, 0.15) is 0 Å². The fourth-order valence-corrected chi connectivity index (χ4v) is 1.60. The molecule has 0 saturated carbocycles. The van der Waals surface area contributed by atoms with Gasteiger partial charge >= 0.3 is 5.97 Å². The number of hydrogen-bond donors (Lipinski definition) is 2. The Bertz CT molecular complexity index is 474. The molecule has 1 aromatic rings. The topological polar surface area (TPSA) is 84.5 Å². The first kappa shape index (κ1) is 16.7. The van der Waals surface area contributed by atoms with Crippen molar-refractivity contribution < 1.29 is 19.1 Å². The zero-order valence-corrected chi connectivity index (χ0v) is 12.1. The van der Waals surface area contributed by atoms with E-state index in [1.165, 1.54) is 6.92 Å². The van der Waals surface area contributed by atoms with E-state index in [9.17, 15) is 14.4 Å². The van der Waals surface area contributed by atoms with E-state index in [2.05, 4.69) is 10.6 Å². The molecule has 1 rings (SSSR count). The molecule has 1 aromatic carbocycles. The summed E-state index contributed by atoms with van der Waals surface area (Å²) in [5, 5.41) is 5.15. The number of nitrogens with one attached hydrogen (secondary N) is 2. The molecule has 0 fully saturated rings. The molecule has 0 unspecified atom stereocenters. The van der Waals surface area contributed by atoms with E-state index in [-0.39, 0.29) is 31.4 Å². The Labute approximate surface area is 123 Å². The quantitative estimate of drug-likeness (QED) is 0.680. The normalized spacial score (nSPS) is 9.76. The molecule has 0 aliphatic carbocycles. The summed E-state index contributed by atoms with van der Waals surface area (Å²) in [5.41, 5.74) is 1.13. The van der Waals surface area contributed by atoms with Crippen molar-refractivity contribution in [3.05, 3.63) is 35.9 Å². The van der Waals surface area contributed by atoms with Crippen LogP contribution in [0.2, 0.25) is 0 Å². The van der Waals surface area contributed by atoms with Crippen molar-refractivity contribution >= 4 is 17.8 Å². The number of amides is 2. The van der Waals surface area contributed by atoms with Gasteiger partial charge in [-0.1, -0.05) is 30.3 Å². The van der Waals surface area contributed by atoms with Crippen LogP contribution < -0.4 is 10.6 Å². The molecular weight excluding hydrogens is 272 g/mol. The van der Waals surface area contributed by atoms with E-state index in [1.807, 2.05) is 30.3 Å². The predicted octanol–water partition coefficient (Wildman–Crippen LogP) is 0.415. The van der Waals surface area contributed by atoms with Crippen LogP contribution in [0, 0.1) is 0 Å². The average molecular weight is 292 g/mol. The second-order valence-electron chi connectivity index (χ2n) is 4.48. The largest absolute Gasteiger partial charge is 0.456 e. The number of ether oxygens (including phenoxy) is 1. The summed E-state index contributed by atoms with van der Waals surface area (Å²) in [7, 11) is 0. The molecule has 0 radical (unpaired) electrons. The summed E-state index contributed by atoms with van der Waals surface area (Å²) in [6.45, 7) is 1.77. The molecule has 2 amide bonds. The van der Waals surface area contributed by atoms with E-state index >= 15 is 0 Å². The highest BCUT2D eigenvalue weighted by atomic mass is 16.5. The van der Waals surface area contributed by atoms with Gasteiger partial charge in [0.15, 0.2) is 6.61 Å². The van der Waals surface area contributed by atoms with Crippen molar-refractivity contribution in [1.82, 2.24) is 10.6 Å². The van der Waals surface area contributed by atoms with Crippen molar-refractivity contribution in [2.45, 2.75) is 19.8 Å². The molecule has 0 saturated heterocycles. The Kier molecular flexibility index (Phi) is 7.56. The summed E-state index contributed by atoms with van der Waals surface area (Å²) in [6.07, 6.45) is 0.778. The number of carbonyl (C=O) groups is 3. The molecule has 0 heterocycles. The molecule has 114 valence electrons. The lowest BCUT2D eigenvalue weighted by atomic mass is 10.1. The molecule has 21 heavy (non-hydrogen) atoms. The zero-order chi connectivity index (χ0) is 15.5. The van der Waals surface area contributed by atoms with Gasteiger partial charge in [0.2, 0.25) is 5.91 Å². The third kappa shape index (κ3) is 8.41. The maximum absolute atomic E-state index is 11.5. The number of rotatable bonds is 8. The Morgan fingerprint density at radius 3 is 2.43 bits per heavy atom. The van der Waals surface area contributed by atoms with Crippen molar-refractivity contribution in [2.75, 3.05) is 19.7 Å². The van der Waals surface area contributed by atoms with Crippen molar-refractivity contribution in [3.63, 3.8) is 0 Å². The maximum Gasteiger partial charge on any atom is 0.308 e. The van der Waals surface area contributed by atoms with Gasteiger partial charge in [-0.15, -0.1) is 0 Å². The molecule has 2 N–H and O–H groups in total. The highest BCUT2D eigenvalue weighted by molar-refractivity contribution is 5.80. The van der Waals surface area contributed by atoms with Gasteiger partial charge in [0.05, 0.1) is 6.42 Å². The molecule has 6 nitrogen and oxygen atoms in total. The van der Waals surface area contributed by atoms with Crippen molar-refractivity contribution in [3.8, 4) is 0 Å². The smallest absolute Gasteiger partial charge is 0.308 e. The van der Waals surface area contributed by atoms with Crippen LogP contribution in [0.15, 0.2) is 30.3 Å². The molecule has 0 aliphatic heterocycles. The van der Waals surface area contributed by atoms with Gasteiger partial charge < -0.3 is 15.4 Å². The Morgan fingerprint density at radius 1 is 1.05 bits per heavy atom. The van der Waals surface area contributed by atoms with E-state index in [4.69, 9.17) is 4.74 Å². The van der Waals surface area contributed by atoms with Gasteiger partial charge in [0.25, 0.3) is 5.91 Å². The molecular formula is C15H20N2O4. The zero-order valence-electron chi connectivity index (χ0n) is 12.1. The lowest BCUT2D eigenvalue weighted by Crippen LogP contribution is -2.31. The third-order valence-electron chi connectivity index (χ3n) is 2.65. The van der Waals surface area contributed by atoms with E-state index in [0.717, 1.165) is 12.0 Å². The number of hydrogen-bond acceptors (Lipinski definition) is 4. The van der Waals surface area contributed by atoms with Crippen LogP contribution in [0.25, 0.3) is 0 Å². The minimum Gasteiger partial charge on any atom is -0.456 e. The molecule has 0 aromatic heterocycles. The number of carbonyl (C=O) groups excluding carboxylic acids is 3. The minimum atomic E-state index is -0.512. The monoisotopic (exact) mass is 292 g/mol. The number of benzene rings is 1. The van der Waals surface area contributed by atoms with Gasteiger partial charge in [-0.05, 0) is 12.0 Å². The second-order valence-corrected chi connectivity index (χ2v) is 4.48. The fraction of sp³-hybridized carbons (Fsp3) is 0.400. The van der Waals surface area contributed by atoms with E-state index in [1.54, 1.807) is 0 Å². The Balaban J connectivity index is 2.08. The summed E-state index contributed by atoms with van der Waals surface area (Å²) in [6, 6.07) is 9.77. The van der Waals surface area contributed by atoms with Crippen LogP contribution in [0.5, 0.6) is 0 Å². The maximum atomic E-state index is 11.5. The fourth-order valence-electron chi connectivity index (χ4n) is 1.60. The highest BCUT2D eigenvalue weighted by Crippen LogP contribution is 1.98. The summed E-state index contributed by atoms with van der Waals surface area (Å²) >= 11 is 0. The summed E-state index contributed by atoms with van der Waals surface area (Å²) in [5.74, 6) is -1.05. The van der Waals surface area contributed by atoms with Gasteiger partial charge in [-0.2, -0.15) is 0 Å². The van der Waals surface area contributed by atoms with Crippen molar-refractivity contribution in [2.24, 2.45) is 0 Å². The van der Waals surface area contributed by atoms with Crippen LogP contribution in [0.4, 0.5) is 0 Å². The average Bonchev–Trinajstić information content (AvgIpc) is 2.46. The lowest BCUT2D eigenvalue weighted by Gasteiger charge is -2.07. The van der Waals surface area contributed by atoms with Crippen LogP contribution in [0.3, 0.4) is 0 Å².